The third-order valence-corrected chi connectivity index (χ3v) is 4.97. The zero-order chi connectivity index (χ0) is 15.1. The SMILES string of the molecule is CC(=O)Nc1c2c(nn1-c1cccc(C)c1C)C[S@](=O)C2. The fraction of sp³-hybridized carbons (Fsp3) is 0.333. The molecule has 1 aromatic carbocycles. The first kappa shape index (κ1) is 14.0. The van der Waals surface area contributed by atoms with Crippen LogP contribution >= 0.6 is 0 Å². The normalized spacial score (nSPS) is 16.8. The number of amides is 1. The van der Waals surface area contributed by atoms with Crippen molar-refractivity contribution >= 4 is 22.5 Å². The average Bonchev–Trinajstić information content (AvgIpc) is 2.91. The lowest BCUT2D eigenvalue weighted by atomic mass is 10.1. The molecule has 0 radical (unpaired) electrons. The molecule has 1 amide bonds. The van der Waals surface area contributed by atoms with Gasteiger partial charge in [-0.2, -0.15) is 5.10 Å². The smallest absolute Gasteiger partial charge is 0.222 e. The number of anilines is 1. The first-order valence-electron chi connectivity index (χ1n) is 6.77. The Morgan fingerprint density at radius 1 is 1.33 bits per heavy atom. The van der Waals surface area contributed by atoms with Crippen LogP contribution < -0.4 is 5.32 Å². The number of nitrogens with one attached hydrogen (secondary N) is 1. The van der Waals surface area contributed by atoms with E-state index in [1.54, 1.807) is 4.68 Å². The predicted molar refractivity (Wildman–Crippen MR) is 82.9 cm³/mol. The van der Waals surface area contributed by atoms with Crippen molar-refractivity contribution in [2.45, 2.75) is 32.3 Å². The van der Waals surface area contributed by atoms with E-state index in [0.717, 1.165) is 22.5 Å². The van der Waals surface area contributed by atoms with Crippen molar-refractivity contribution in [2.24, 2.45) is 0 Å². The second-order valence-corrected chi connectivity index (χ2v) is 6.77. The molecule has 1 atom stereocenters. The van der Waals surface area contributed by atoms with Crippen molar-refractivity contribution in [2.75, 3.05) is 5.32 Å². The van der Waals surface area contributed by atoms with E-state index >= 15 is 0 Å². The molecule has 1 N–H and O–H groups in total. The molecule has 0 fully saturated rings. The monoisotopic (exact) mass is 303 g/mol. The van der Waals surface area contributed by atoms with Gasteiger partial charge >= 0.3 is 0 Å². The van der Waals surface area contributed by atoms with Crippen molar-refractivity contribution in [1.82, 2.24) is 9.78 Å². The topological polar surface area (TPSA) is 64.0 Å². The fourth-order valence-corrected chi connectivity index (χ4v) is 3.83. The molecule has 2 heterocycles. The highest BCUT2D eigenvalue weighted by Gasteiger charge is 2.28. The number of aromatic nitrogens is 2. The van der Waals surface area contributed by atoms with E-state index in [9.17, 15) is 9.00 Å². The zero-order valence-electron chi connectivity index (χ0n) is 12.3. The summed E-state index contributed by atoms with van der Waals surface area (Å²) in [6, 6.07) is 6.00. The number of fused-ring (bicyclic) bond motifs is 1. The van der Waals surface area contributed by atoms with Crippen LogP contribution in [0.3, 0.4) is 0 Å². The van der Waals surface area contributed by atoms with Gasteiger partial charge in [-0.05, 0) is 31.0 Å². The lowest BCUT2D eigenvalue weighted by molar-refractivity contribution is -0.114. The summed E-state index contributed by atoms with van der Waals surface area (Å²) < 4.78 is 13.5. The maximum absolute atomic E-state index is 11.7. The van der Waals surface area contributed by atoms with Gasteiger partial charge in [0.25, 0.3) is 0 Å². The second-order valence-electron chi connectivity index (χ2n) is 5.31. The average molecular weight is 303 g/mol. The van der Waals surface area contributed by atoms with E-state index in [1.165, 1.54) is 12.5 Å². The highest BCUT2D eigenvalue weighted by Crippen LogP contribution is 2.32. The lowest BCUT2D eigenvalue weighted by Crippen LogP contribution is -2.13. The minimum Gasteiger partial charge on any atom is -0.311 e. The summed E-state index contributed by atoms with van der Waals surface area (Å²) in [5.74, 6) is 1.41. The minimum absolute atomic E-state index is 0.151. The van der Waals surface area contributed by atoms with Crippen molar-refractivity contribution in [3.8, 4) is 5.69 Å². The summed E-state index contributed by atoms with van der Waals surface area (Å²) in [4.78, 5) is 11.5. The van der Waals surface area contributed by atoms with Crippen molar-refractivity contribution in [3.63, 3.8) is 0 Å². The van der Waals surface area contributed by atoms with Crippen LogP contribution in [0.5, 0.6) is 0 Å². The van der Waals surface area contributed by atoms with Gasteiger partial charge in [0.15, 0.2) is 0 Å². The molecule has 3 rings (SSSR count). The van der Waals surface area contributed by atoms with Crippen LogP contribution in [0.25, 0.3) is 5.69 Å². The molecule has 1 aromatic heterocycles. The highest BCUT2D eigenvalue weighted by atomic mass is 32.2. The maximum Gasteiger partial charge on any atom is 0.222 e. The molecule has 0 aliphatic carbocycles. The van der Waals surface area contributed by atoms with Crippen molar-refractivity contribution in [1.29, 1.82) is 0 Å². The summed E-state index contributed by atoms with van der Waals surface area (Å²) in [5.41, 5.74) is 4.94. The first-order valence-corrected chi connectivity index (χ1v) is 8.26. The Balaban J connectivity index is 2.19. The summed E-state index contributed by atoms with van der Waals surface area (Å²) in [5, 5.41) is 7.42. The Morgan fingerprint density at radius 2 is 2.10 bits per heavy atom. The second kappa shape index (κ2) is 5.11. The lowest BCUT2D eigenvalue weighted by Gasteiger charge is -2.13. The number of hydrogen-bond acceptors (Lipinski definition) is 3. The molecule has 1 aliphatic rings. The number of benzene rings is 1. The van der Waals surface area contributed by atoms with Crippen LogP contribution in [0, 0.1) is 13.8 Å². The van der Waals surface area contributed by atoms with Crippen molar-refractivity contribution < 1.29 is 9.00 Å². The van der Waals surface area contributed by atoms with Gasteiger partial charge < -0.3 is 5.32 Å². The first-order chi connectivity index (χ1) is 9.97. The number of aryl methyl sites for hydroxylation is 1. The number of nitrogens with zero attached hydrogens (tertiary/aromatic N) is 2. The highest BCUT2D eigenvalue weighted by molar-refractivity contribution is 7.83. The van der Waals surface area contributed by atoms with E-state index in [2.05, 4.69) is 10.4 Å². The van der Waals surface area contributed by atoms with E-state index < -0.39 is 10.8 Å². The minimum atomic E-state index is -0.915. The molecule has 5 nitrogen and oxygen atoms in total. The van der Waals surface area contributed by atoms with Crippen LogP contribution in [0.15, 0.2) is 18.2 Å². The van der Waals surface area contributed by atoms with Gasteiger partial charge in [0.05, 0.1) is 22.9 Å². The Kier molecular flexibility index (Phi) is 3.41. The van der Waals surface area contributed by atoms with E-state index in [4.69, 9.17) is 0 Å². The fourth-order valence-electron chi connectivity index (χ4n) is 2.56. The van der Waals surface area contributed by atoms with E-state index in [1.807, 2.05) is 32.0 Å². The van der Waals surface area contributed by atoms with Crippen LogP contribution in [0.1, 0.15) is 29.3 Å². The number of carbonyl (C=O) groups is 1. The van der Waals surface area contributed by atoms with Gasteiger partial charge in [-0.1, -0.05) is 12.1 Å². The molecule has 21 heavy (non-hydrogen) atoms. The van der Waals surface area contributed by atoms with Gasteiger partial charge in [-0.15, -0.1) is 0 Å². The van der Waals surface area contributed by atoms with Crippen molar-refractivity contribution in [3.05, 3.63) is 40.6 Å². The quantitative estimate of drug-likeness (QED) is 0.925. The van der Waals surface area contributed by atoms with Crippen LogP contribution in [-0.4, -0.2) is 19.9 Å². The van der Waals surface area contributed by atoms with Gasteiger partial charge in [0, 0.05) is 23.3 Å². The van der Waals surface area contributed by atoms with E-state index in [-0.39, 0.29) is 5.91 Å². The number of rotatable bonds is 2. The summed E-state index contributed by atoms with van der Waals surface area (Å²) in [7, 11) is -0.915. The van der Waals surface area contributed by atoms with Gasteiger partial charge in [-0.25, -0.2) is 4.68 Å². The molecule has 0 saturated carbocycles. The summed E-state index contributed by atoms with van der Waals surface area (Å²) in [6.07, 6.45) is 0. The maximum atomic E-state index is 11.7. The van der Waals surface area contributed by atoms with E-state index in [0.29, 0.717) is 17.3 Å². The molecule has 110 valence electrons. The molecule has 0 unspecified atom stereocenters. The molecule has 0 bridgehead atoms. The Hall–Kier alpha value is -1.95. The number of carbonyl (C=O) groups excluding carboxylic acids is 1. The van der Waals surface area contributed by atoms with Crippen LogP contribution in [-0.2, 0) is 27.1 Å². The molecule has 0 saturated heterocycles. The summed E-state index contributed by atoms with van der Waals surface area (Å²) >= 11 is 0. The third-order valence-electron chi connectivity index (χ3n) is 3.77. The molecule has 1 aliphatic heterocycles. The predicted octanol–water partition coefficient (Wildman–Crippen LogP) is 2.21. The van der Waals surface area contributed by atoms with Gasteiger partial charge in [-0.3, -0.25) is 9.00 Å². The van der Waals surface area contributed by atoms with Gasteiger partial charge in [0.1, 0.15) is 5.82 Å². The van der Waals surface area contributed by atoms with Crippen LogP contribution in [0.4, 0.5) is 5.82 Å². The zero-order valence-corrected chi connectivity index (χ0v) is 13.1. The Bertz CT molecular complexity index is 765. The van der Waals surface area contributed by atoms with Gasteiger partial charge in [0.2, 0.25) is 5.91 Å². The third kappa shape index (κ3) is 2.40. The Labute approximate surface area is 125 Å². The number of hydrogen-bond donors (Lipinski definition) is 1. The molecule has 6 heteroatoms. The molecular weight excluding hydrogens is 286 g/mol. The summed E-state index contributed by atoms with van der Waals surface area (Å²) in [6.45, 7) is 5.55. The molecule has 0 spiro atoms. The van der Waals surface area contributed by atoms with Crippen LogP contribution in [0.2, 0.25) is 0 Å². The Morgan fingerprint density at radius 3 is 2.81 bits per heavy atom. The molecule has 2 aromatic rings. The standard InChI is InChI=1S/C15H17N3O2S/c1-9-5-4-6-14(10(9)2)18-15(16-11(3)19)12-7-21(20)8-13(12)17-18/h4-6H,7-8H2,1-3H3,(H,16,19)/t21-/m1/s1. The molecular formula is C15H17N3O2S. The largest absolute Gasteiger partial charge is 0.311 e.